The van der Waals surface area contributed by atoms with E-state index >= 15 is 0 Å². The molecular weight excluding hydrogens is 312 g/mol. The maximum Gasteiger partial charge on any atom is 0.258 e. The van der Waals surface area contributed by atoms with Crippen LogP contribution in [0.2, 0.25) is 5.02 Å². The third-order valence-corrected chi connectivity index (χ3v) is 4.10. The summed E-state index contributed by atoms with van der Waals surface area (Å²) in [6, 6.07) is 13.2. The van der Waals surface area contributed by atoms with Crippen LogP contribution in [0.4, 0.5) is 0 Å². The minimum atomic E-state index is -0.183. The van der Waals surface area contributed by atoms with Gasteiger partial charge in [0, 0.05) is 22.6 Å². The van der Waals surface area contributed by atoms with Crippen LogP contribution in [0, 0.1) is 6.92 Å². The second-order valence-corrected chi connectivity index (χ2v) is 6.04. The first-order valence-electron chi connectivity index (χ1n) is 7.27. The summed E-state index contributed by atoms with van der Waals surface area (Å²) in [5, 5.41) is 0.622. The summed E-state index contributed by atoms with van der Waals surface area (Å²) in [5.74, 6) is 1.56. The van der Waals surface area contributed by atoms with Gasteiger partial charge < -0.3 is 9.72 Å². The highest BCUT2D eigenvalue weighted by molar-refractivity contribution is 6.30. The van der Waals surface area contributed by atoms with Gasteiger partial charge in [-0.15, -0.1) is 0 Å². The Morgan fingerprint density at radius 1 is 1.22 bits per heavy atom. The summed E-state index contributed by atoms with van der Waals surface area (Å²) >= 11 is 6.01. The summed E-state index contributed by atoms with van der Waals surface area (Å²) < 4.78 is 5.82. The summed E-state index contributed by atoms with van der Waals surface area (Å²) in [4.78, 5) is 19.8. The number of halogens is 1. The quantitative estimate of drug-likeness (QED) is 0.573. The van der Waals surface area contributed by atoms with Crippen molar-refractivity contribution in [3.05, 3.63) is 74.5 Å². The van der Waals surface area contributed by atoms with Crippen LogP contribution in [-0.2, 0) is 6.42 Å². The lowest BCUT2D eigenvalue weighted by molar-refractivity contribution is 0.438. The van der Waals surface area contributed by atoms with E-state index in [0.717, 1.165) is 16.7 Å². The van der Waals surface area contributed by atoms with Crippen molar-refractivity contribution in [3.63, 3.8) is 0 Å². The van der Waals surface area contributed by atoms with Crippen LogP contribution in [0.25, 0.3) is 11.4 Å². The van der Waals surface area contributed by atoms with E-state index in [-0.39, 0.29) is 5.56 Å². The number of H-pyrrole nitrogens is 1. The normalized spacial score (nSPS) is 12.3. The third-order valence-electron chi connectivity index (χ3n) is 3.87. The zero-order valence-corrected chi connectivity index (χ0v) is 13.1. The van der Waals surface area contributed by atoms with Gasteiger partial charge >= 0.3 is 0 Å². The Morgan fingerprint density at radius 3 is 2.91 bits per heavy atom. The molecule has 23 heavy (non-hydrogen) atoms. The van der Waals surface area contributed by atoms with Crippen molar-refractivity contribution in [2.24, 2.45) is 0 Å². The van der Waals surface area contributed by atoms with Gasteiger partial charge in [-0.2, -0.15) is 4.98 Å². The zero-order valence-electron chi connectivity index (χ0n) is 12.4. The molecule has 1 aliphatic heterocycles. The van der Waals surface area contributed by atoms with Gasteiger partial charge in [0.15, 0.2) is 0 Å². The number of aryl methyl sites for hydroxylation is 1. The molecule has 0 radical (unpaired) electrons. The van der Waals surface area contributed by atoms with Crippen LogP contribution >= 0.6 is 11.6 Å². The fourth-order valence-corrected chi connectivity index (χ4v) is 2.92. The van der Waals surface area contributed by atoms with Crippen molar-refractivity contribution in [2.75, 3.05) is 0 Å². The number of nitrogens with one attached hydrogen (secondary N) is 1. The number of hydrogen-bond donors (Lipinski definition) is 1. The number of benzene rings is 2. The maximum absolute atomic E-state index is 12.4. The Hall–Kier alpha value is -2.59. The molecule has 0 saturated heterocycles. The molecule has 0 fully saturated rings. The van der Waals surface area contributed by atoms with Gasteiger partial charge in [0.2, 0.25) is 5.88 Å². The summed E-state index contributed by atoms with van der Waals surface area (Å²) in [5.41, 5.74) is 3.19. The lowest BCUT2D eigenvalue weighted by Gasteiger charge is -2.19. The Balaban J connectivity index is 1.83. The fourth-order valence-electron chi connectivity index (χ4n) is 2.73. The van der Waals surface area contributed by atoms with Crippen molar-refractivity contribution in [3.8, 4) is 23.0 Å². The van der Waals surface area contributed by atoms with Crippen molar-refractivity contribution in [2.45, 2.75) is 13.3 Å². The van der Waals surface area contributed by atoms with Gasteiger partial charge in [-0.3, -0.25) is 4.79 Å². The molecule has 2 heterocycles. The molecule has 2 aromatic carbocycles. The highest BCUT2D eigenvalue weighted by atomic mass is 35.5. The van der Waals surface area contributed by atoms with E-state index in [1.54, 1.807) is 12.1 Å². The molecule has 1 N–H and O–H groups in total. The zero-order chi connectivity index (χ0) is 16.0. The molecule has 0 amide bonds. The Bertz CT molecular complexity index is 979. The monoisotopic (exact) mass is 324 g/mol. The second-order valence-electron chi connectivity index (χ2n) is 5.60. The molecule has 4 rings (SSSR count). The van der Waals surface area contributed by atoms with E-state index in [1.807, 2.05) is 37.3 Å². The summed E-state index contributed by atoms with van der Waals surface area (Å²) in [6.07, 6.45) is 0.460. The molecule has 114 valence electrons. The van der Waals surface area contributed by atoms with E-state index in [2.05, 4.69) is 9.97 Å². The van der Waals surface area contributed by atoms with E-state index in [4.69, 9.17) is 16.3 Å². The molecule has 5 heteroatoms. The van der Waals surface area contributed by atoms with Crippen LogP contribution in [0.1, 0.15) is 16.7 Å². The van der Waals surface area contributed by atoms with Crippen LogP contribution < -0.4 is 10.3 Å². The number of rotatable bonds is 1. The van der Waals surface area contributed by atoms with Crippen LogP contribution in [0.5, 0.6) is 11.6 Å². The molecule has 1 aromatic heterocycles. The highest BCUT2D eigenvalue weighted by Crippen LogP contribution is 2.35. The highest BCUT2D eigenvalue weighted by Gasteiger charge is 2.22. The van der Waals surface area contributed by atoms with Crippen molar-refractivity contribution in [1.29, 1.82) is 0 Å². The van der Waals surface area contributed by atoms with Crippen molar-refractivity contribution >= 4 is 11.6 Å². The minimum Gasteiger partial charge on any atom is -0.438 e. The van der Waals surface area contributed by atoms with E-state index < -0.39 is 0 Å². The minimum absolute atomic E-state index is 0.183. The average molecular weight is 325 g/mol. The first kappa shape index (κ1) is 14.0. The van der Waals surface area contributed by atoms with Crippen molar-refractivity contribution < 1.29 is 4.74 Å². The van der Waals surface area contributed by atoms with Gasteiger partial charge in [-0.25, -0.2) is 0 Å². The maximum atomic E-state index is 12.4. The van der Waals surface area contributed by atoms with Gasteiger partial charge in [0.05, 0.1) is 5.56 Å². The van der Waals surface area contributed by atoms with Gasteiger partial charge in [0.25, 0.3) is 5.56 Å². The largest absolute Gasteiger partial charge is 0.438 e. The molecule has 3 aromatic rings. The predicted octanol–water partition coefficient (Wildman–Crippen LogP) is 4.10. The molecule has 4 nitrogen and oxygen atoms in total. The lowest BCUT2D eigenvalue weighted by Crippen LogP contribution is -2.20. The third kappa shape index (κ3) is 2.51. The predicted molar refractivity (Wildman–Crippen MR) is 89.4 cm³/mol. The second kappa shape index (κ2) is 5.25. The Labute approximate surface area is 137 Å². The fraction of sp³-hybridized carbons (Fsp3) is 0.111. The van der Waals surface area contributed by atoms with Gasteiger partial charge in [0.1, 0.15) is 11.6 Å². The molecule has 0 unspecified atom stereocenters. The number of hydrogen-bond acceptors (Lipinski definition) is 3. The van der Waals surface area contributed by atoms with Crippen LogP contribution in [-0.4, -0.2) is 9.97 Å². The van der Waals surface area contributed by atoms with Crippen LogP contribution in [0.15, 0.2) is 47.3 Å². The average Bonchev–Trinajstić information content (AvgIpc) is 2.53. The van der Waals surface area contributed by atoms with Crippen LogP contribution in [0.3, 0.4) is 0 Å². The van der Waals surface area contributed by atoms with E-state index in [0.29, 0.717) is 34.5 Å². The molecule has 0 bridgehead atoms. The number of aromatic amines is 1. The number of aromatic nitrogens is 2. The van der Waals surface area contributed by atoms with Gasteiger partial charge in [-0.05, 0) is 31.2 Å². The molecule has 0 saturated carbocycles. The van der Waals surface area contributed by atoms with E-state index in [1.165, 1.54) is 0 Å². The van der Waals surface area contributed by atoms with Crippen molar-refractivity contribution in [1.82, 2.24) is 9.97 Å². The first-order valence-corrected chi connectivity index (χ1v) is 7.64. The molecular formula is C18H13ClN2O2. The van der Waals surface area contributed by atoms with E-state index in [9.17, 15) is 4.79 Å². The molecule has 0 aliphatic carbocycles. The topological polar surface area (TPSA) is 55.0 Å². The number of fused-ring (bicyclic) bond motifs is 2. The standard InChI is InChI=1S/C18H13ClN2O2/c1-10-3-2-4-11(7-10)16-20-17(22)14-9-12-8-13(19)5-6-15(12)23-18(14)21-16/h2-8H,9H2,1H3,(H,20,21,22). The molecule has 1 aliphatic rings. The number of nitrogens with zero attached hydrogens (tertiary/aromatic N) is 1. The number of ether oxygens (including phenoxy) is 1. The summed E-state index contributed by atoms with van der Waals surface area (Å²) in [6.45, 7) is 2.00. The molecule has 0 atom stereocenters. The van der Waals surface area contributed by atoms with Gasteiger partial charge in [-0.1, -0.05) is 35.4 Å². The SMILES string of the molecule is Cc1cccc(-c2nc3c(c(=O)[nH]2)Cc2cc(Cl)ccc2O3)c1. The molecule has 0 spiro atoms. The first-order chi connectivity index (χ1) is 11.1. The Morgan fingerprint density at radius 2 is 2.09 bits per heavy atom. The lowest BCUT2D eigenvalue weighted by atomic mass is 10.0. The Kier molecular flexibility index (Phi) is 3.20. The summed E-state index contributed by atoms with van der Waals surface area (Å²) in [7, 11) is 0. The smallest absolute Gasteiger partial charge is 0.258 e.